The van der Waals surface area contributed by atoms with Crippen molar-refractivity contribution in [2.24, 2.45) is 7.05 Å². The van der Waals surface area contributed by atoms with Gasteiger partial charge in [-0.3, -0.25) is 4.68 Å². The van der Waals surface area contributed by atoms with Crippen LogP contribution in [0.1, 0.15) is 0 Å². The number of nitrogens with zero attached hydrogens (tertiary/aromatic N) is 2. The molecule has 0 amide bonds. The standard InChI is InChI=1S/C9H9N2O/c1-11-8-4-3-5-9(12-2)7(8)6-10-11/h3-5H,1-2H3. The highest BCUT2D eigenvalue weighted by Crippen LogP contribution is 2.23. The van der Waals surface area contributed by atoms with Crippen LogP contribution in [0.4, 0.5) is 0 Å². The number of aryl methyl sites for hydroxylation is 1. The second-order valence-electron chi connectivity index (χ2n) is 2.59. The van der Waals surface area contributed by atoms with E-state index < -0.39 is 0 Å². The summed E-state index contributed by atoms with van der Waals surface area (Å²) in [4.78, 5) is 0. The Labute approximate surface area is 70.6 Å². The molecule has 0 spiro atoms. The van der Waals surface area contributed by atoms with Crippen LogP contribution in [0, 0.1) is 6.20 Å². The van der Waals surface area contributed by atoms with Gasteiger partial charge in [0.15, 0.2) is 0 Å². The zero-order chi connectivity index (χ0) is 8.55. The van der Waals surface area contributed by atoms with Crippen LogP contribution in [0.3, 0.4) is 0 Å². The van der Waals surface area contributed by atoms with Crippen LogP contribution in [0.25, 0.3) is 10.9 Å². The summed E-state index contributed by atoms with van der Waals surface area (Å²) in [6.07, 6.45) is 2.90. The third kappa shape index (κ3) is 0.863. The zero-order valence-electron chi connectivity index (χ0n) is 7.03. The minimum absolute atomic E-state index is 0.820. The van der Waals surface area contributed by atoms with Crippen molar-refractivity contribution in [3.8, 4) is 5.75 Å². The van der Waals surface area contributed by atoms with Gasteiger partial charge in [-0.05, 0) is 12.1 Å². The highest BCUT2D eigenvalue weighted by atomic mass is 16.5. The van der Waals surface area contributed by atoms with Crippen molar-refractivity contribution in [1.29, 1.82) is 0 Å². The van der Waals surface area contributed by atoms with Gasteiger partial charge in [-0.2, -0.15) is 5.10 Å². The summed E-state index contributed by atoms with van der Waals surface area (Å²) in [5.74, 6) is 0.820. The maximum absolute atomic E-state index is 5.16. The van der Waals surface area contributed by atoms with Crippen LogP contribution >= 0.6 is 0 Å². The van der Waals surface area contributed by atoms with Crippen LogP contribution in [-0.4, -0.2) is 16.9 Å². The first-order valence-electron chi connectivity index (χ1n) is 3.70. The van der Waals surface area contributed by atoms with Gasteiger partial charge in [0.1, 0.15) is 11.9 Å². The van der Waals surface area contributed by atoms with E-state index >= 15 is 0 Å². The van der Waals surface area contributed by atoms with Gasteiger partial charge >= 0.3 is 0 Å². The van der Waals surface area contributed by atoms with Crippen LogP contribution in [-0.2, 0) is 7.05 Å². The van der Waals surface area contributed by atoms with Crippen molar-refractivity contribution in [1.82, 2.24) is 9.78 Å². The Bertz CT molecular complexity index is 406. The molecule has 2 aromatic rings. The molecule has 0 unspecified atom stereocenters. The highest BCUT2D eigenvalue weighted by Gasteiger charge is 2.03. The van der Waals surface area contributed by atoms with Crippen LogP contribution < -0.4 is 4.74 Å². The summed E-state index contributed by atoms with van der Waals surface area (Å²) >= 11 is 0. The molecule has 0 atom stereocenters. The molecule has 0 N–H and O–H groups in total. The Morgan fingerprint density at radius 3 is 3.08 bits per heavy atom. The van der Waals surface area contributed by atoms with Crippen molar-refractivity contribution in [3.05, 3.63) is 24.4 Å². The van der Waals surface area contributed by atoms with Crippen molar-refractivity contribution in [2.75, 3.05) is 7.11 Å². The smallest absolute Gasteiger partial charge is 0.130 e. The van der Waals surface area contributed by atoms with Crippen molar-refractivity contribution in [3.63, 3.8) is 0 Å². The molecular weight excluding hydrogens is 152 g/mol. The first-order valence-corrected chi connectivity index (χ1v) is 3.70. The van der Waals surface area contributed by atoms with E-state index in [0.29, 0.717) is 0 Å². The second-order valence-corrected chi connectivity index (χ2v) is 2.59. The van der Waals surface area contributed by atoms with Gasteiger partial charge in [0.25, 0.3) is 0 Å². The Hall–Kier alpha value is -1.51. The van der Waals surface area contributed by atoms with Gasteiger partial charge in [-0.15, -0.1) is 0 Å². The molecule has 0 aliphatic heterocycles. The van der Waals surface area contributed by atoms with Crippen LogP contribution in [0.15, 0.2) is 18.2 Å². The summed E-state index contributed by atoms with van der Waals surface area (Å²) in [5.41, 5.74) is 1.04. The monoisotopic (exact) mass is 161 g/mol. The fourth-order valence-electron chi connectivity index (χ4n) is 1.25. The van der Waals surface area contributed by atoms with Crippen molar-refractivity contribution in [2.45, 2.75) is 0 Å². The quantitative estimate of drug-likeness (QED) is 0.631. The fraction of sp³-hybridized carbons (Fsp3) is 0.222. The lowest BCUT2D eigenvalue weighted by molar-refractivity contribution is 0.420. The van der Waals surface area contributed by atoms with Gasteiger partial charge in [-0.1, -0.05) is 6.07 Å². The molecule has 3 heteroatoms. The van der Waals surface area contributed by atoms with E-state index in [9.17, 15) is 0 Å². The molecule has 0 bridgehead atoms. The number of hydrogen-bond donors (Lipinski definition) is 0. The summed E-state index contributed by atoms with van der Waals surface area (Å²) < 4.78 is 6.93. The van der Waals surface area contributed by atoms with Gasteiger partial charge in [0.2, 0.25) is 0 Å². The van der Waals surface area contributed by atoms with Gasteiger partial charge in [-0.25, -0.2) is 0 Å². The predicted octanol–water partition coefficient (Wildman–Crippen LogP) is 1.38. The topological polar surface area (TPSA) is 27.1 Å². The average molecular weight is 161 g/mol. The molecule has 2 rings (SSSR count). The number of methoxy groups -OCH3 is 1. The lowest BCUT2D eigenvalue weighted by atomic mass is 10.2. The van der Waals surface area contributed by atoms with Gasteiger partial charge in [0, 0.05) is 7.05 Å². The van der Waals surface area contributed by atoms with E-state index in [4.69, 9.17) is 4.74 Å². The molecule has 61 valence electrons. The molecule has 0 aliphatic rings. The molecule has 1 aromatic carbocycles. The summed E-state index contributed by atoms with van der Waals surface area (Å²) in [6, 6.07) is 5.83. The SMILES string of the molecule is COc1cccc2c1[c]nn2C. The van der Waals surface area contributed by atoms with Crippen molar-refractivity contribution < 1.29 is 4.74 Å². The third-order valence-corrected chi connectivity index (χ3v) is 1.88. The third-order valence-electron chi connectivity index (χ3n) is 1.88. The Balaban J connectivity index is 2.81. The Morgan fingerprint density at radius 2 is 2.33 bits per heavy atom. The largest absolute Gasteiger partial charge is 0.496 e. The molecular formula is C9H9N2O. The predicted molar refractivity (Wildman–Crippen MR) is 46.1 cm³/mol. The molecule has 1 heterocycles. The van der Waals surface area contributed by atoms with E-state index in [1.807, 2.05) is 25.2 Å². The Kier molecular flexibility index (Phi) is 1.50. The maximum atomic E-state index is 5.16. The lowest BCUT2D eigenvalue weighted by Gasteiger charge is -1.99. The summed E-state index contributed by atoms with van der Waals surface area (Å²) in [7, 11) is 3.54. The lowest BCUT2D eigenvalue weighted by Crippen LogP contribution is -1.88. The van der Waals surface area contributed by atoms with Gasteiger partial charge < -0.3 is 4.74 Å². The number of benzene rings is 1. The van der Waals surface area contributed by atoms with Gasteiger partial charge in [0.05, 0.1) is 18.0 Å². The Morgan fingerprint density at radius 1 is 1.50 bits per heavy atom. The molecule has 3 nitrogen and oxygen atoms in total. The molecule has 1 aromatic heterocycles. The maximum Gasteiger partial charge on any atom is 0.130 e. The van der Waals surface area contributed by atoms with E-state index in [-0.39, 0.29) is 0 Å². The van der Waals surface area contributed by atoms with E-state index in [1.54, 1.807) is 11.8 Å². The number of ether oxygens (including phenoxy) is 1. The molecule has 1 radical (unpaired) electrons. The molecule has 0 saturated carbocycles. The number of hydrogen-bond acceptors (Lipinski definition) is 2. The van der Waals surface area contributed by atoms with Crippen molar-refractivity contribution >= 4 is 10.9 Å². The van der Waals surface area contributed by atoms with E-state index in [2.05, 4.69) is 11.3 Å². The van der Waals surface area contributed by atoms with Crippen LogP contribution in [0.2, 0.25) is 0 Å². The number of fused-ring (bicyclic) bond motifs is 1. The highest BCUT2D eigenvalue weighted by molar-refractivity contribution is 5.84. The molecule has 0 fully saturated rings. The van der Waals surface area contributed by atoms with Crippen LogP contribution in [0.5, 0.6) is 5.75 Å². The van der Waals surface area contributed by atoms with E-state index in [0.717, 1.165) is 16.7 Å². The average Bonchev–Trinajstić information content (AvgIpc) is 2.48. The molecule has 0 aliphatic carbocycles. The fourth-order valence-corrected chi connectivity index (χ4v) is 1.25. The molecule has 0 saturated heterocycles. The first kappa shape index (κ1) is 7.16. The second kappa shape index (κ2) is 2.52. The zero-order valence-corrected chi connectivity index (χ0v) is 7.03. The number of aromatic nitrogens is 2. The molecule has 12 heavy (non-hydrogen) atoms. The minimum Gasteiger partial charge on any atom is -0.496 e. The number of rotatable bonds is 1. The van der Waals surface area contributed by atoms with E-state index in [1.165, 1.54) is 0 Å². The summed E-state index contributed by atoms with van der Waals surface area (Å²) in [5, 5.41) is 4.95. The normalized spacial score (nSPS) is 10.5. The minimum atomic E-state index is 0.820. The summed E-state index contributed by atoms with van der Waals surface area (Å²) in [6.45, 7) is 0. The first-order chi connectivity index (χ1) is 5.83.